The molecule has 0 aliphatic carbocycles. The van der Waals surface area contributed by atoms with Gasteiger partial charge in [-0.2, -0.15) is 0 Å². The number of carboxylic acids is 1. The number of nitrogens with zero attached hydrogens (tertiary/aromatic N) is 1. The van der Waals surface area contributed by atoms with Crippen LogP contribution in [-0.2, 0) is 9.59 Å². The van der Waals surface area contributed by atoms with Crippen LogP contribution < -0.4 is 0 Å². The molecular formula is C14H11NO3S4. The Morgan fingerprint density at radius 3 is 3.00 bits per heavy atom. The maximum Gasteiger partial charge on any atom is 0.303 e. The number of hydrogen-bond acceptors (Lipinski definition) is 6. The molecular weight excluding hydrogens is 358 g/mol. The minimum atomic E-state index is -0.861. The number of amides is 1. The summed E-state index contributed by atoms with van der Waals surface area (Å²) in [5.41, 5.74) is 0. The molecule has 1 N–H and O–H groups in total. The second-order valence-electron chi connectivity index (χ2n) is 4.64. The van der Waals surface area contributed by atoms with Gasteiger partial charge in [-0.05, 0) is 30.0 Å². The van der Waals surface area contributed by atoms with E-state index in [-0.39, 0.29) is 12.3 Å². The Kier molecular flexibility index (Phi) is 4.62. The van der Waals surface area contributed by atoms with Gasteiger partial charge in [0.25, 0.3) is 5.91 Å². The normalized spacial score (nSPS) is 17.1. The Labute approximate surface area is 144 Å². The largest absolute Gasteiger partial charge is 0.481 e. The molecule has 2 aromatic heterocycles. The van der Waals surface area contributed by atoms with E-state index in [0.29, 0.717) is 22.2 Å². The van der Waals surface area contributed by atoms with Crippen LogP contribution in [-0.4, -0.2) is 32.7 Å². The van der Waals surface area contributed by atoms with Gasteiger partial charge in [-0.1, -0.05) is 24.0 Å². The van der Waals surface area contributed by atoms with E-state index in [2.05, 4.69) is 12.1 Å². The van der Waals surface area contributed by atoms with Gasteiger partial charge in [-0.3, -0.25) is 14.5 Å². The van der Waals surface area contributed by atoms with E-state index in [0.717, 1.165) is 4.88 Å². The second kappa shape index (κ2) is 6.49. The molecule has 1 aliphatic rings. The van der Waals surface area contributed by atoms with E-state index >= 15 is 0 Å². The van der Waals surface area contributed by atoms with Crippen molar-refractivity contribution >= 4 is 78.3 Å². The van der Waals surface area contributed by atoms with Crippen molar-refractivity contribution in [2.45, 2.75) is 12.8 Å². The maximum atomic E-state index is 12.4. The lowest BCUT2D eigenvalue weighted by atomic mass is 10.3. The van der Waals surface area contributed by atoms with Gasteiger partial charge in [0.1, 0.15) is 4.32 Å². The van der Waals surface area contributed by atoms with Crippen LogP contribution in [0.4, 0.5) is 0 Å². The first kappa shape index (κ1) is 15.7. The quantitative estimate of drug-likeness (QED) is 0.637. The number of carbonyl (C=O) groups is 2. The number of thiophene rings is 2. The number of fused-ring (bicyclic) bond motifs is 1. The molecule has 3 heterocycles. The van der Waals surface area contributed by atoms with Crippen LogP contribution in [0, 0.1) is 0 Å². The van der Waals surface area contributed by atoms with Crippen molar-refractivity contribution < 1.29 is 14.7 Å². The molecule has 22 heavy (non-hydrogen) atoms. The lowest BCUT2D eigenvalue weighted by molar-refractivity contribution is -0.137. The average Bonchev–Trinajstić information content (AvgIpc) is 3.08. The molecule has 1 aliphatic heterocycles. The minimum absolute atomic E-state index is 0.0390. The number of aliphatic carboxylic acids is 1. The molecule has 0 aromatic carbocycles. The summed E-state index contributed by atoms with van der Waals surface area (Å²) in [4.78, 5) is 26.0. The van der Waals surface area contributed by atoms with Gasteiger partial charge in [0, 0.05) is 23.2 Å². The number of rotatable bonds is 5. The fraction of sp³-hybridized carbons (Fsp3) is 0.214. The van der Waals surface area contributed by atoms with E-state index in [4.69, 9.17) is 17.3 Å². The molecule has 0 saturated carbocycles. The highest BCUT2D eigenvalue weighted by molar-refractivity contribution is 8.26. The van der Waals surface area contributed by atoms with Gasteiger partial charge in [-0.25, -0.2) is 0 Å². The first-order valence-electron chi connectivity index (χ1n) is 6.49. The van der Waals surface area contributed by atoms with E-state index < -0.39 is 5.97 Å². The third kappa shape index (κ3) is 3.24. The highest BCUT2D eigenvalue weighted by Gasteiger charge is 2.31. The van der Waals surface area contributed by atoms with Crippen molar-refractivity contribution in [3.63, 3.8) is 0 Å². The molecule has 0 unspecified atom stereocenters. The van der Waals surface area contributed by atoms with E-state index in [1.807, 2.05) is 11.5 Å². The Morgan fingerprint density at radius 2 is 2.27 bits per heavy atom. The molecule has 1 amide bonds. The number of hydrogen-bond donors (Lipinski definition) is 1. The van der Waals surface area contributed by atoms with E-state index in [1.165, 1.54) is 26.1 Å². The summed E-state index contributed by atoms with van der Waals surface area (Å²) in [6.45, 7) is 0.355. The summed E-state index contributed by atoms with van der Waals surface area (Å²) in [6, 6.07) is 4.12. The van der Waals surface area contributed by atoms with Gasteiger partial charge in [0.05, 0.1) is 8.92 Å². The number of carboxylic acid groups (broad SMARTS) is 1. The van der Waals surface area contributed by atoms with Crippen molar-refractivity contribution in [1.82, 2.24) is 4.90 Å². The topological polar surface area (TPSA) is 57.6 Å². The summed E-state index contributed by atoms with van der Waals surface area (Å²) in [5, 5.41) is 11.9. The summed E-state index contributed by atoms with van der Waals surface area (Å²) < 4.78 is 1.74. The van der Waals surface area contributed by atoms with Gasteiger partial charge >= 0.3 is 5.97 Å². The smallest absolute Gasteiger partial charge is 0.303 e. The summed E-state index contributed by atoms with van der Waals surface area (Å²) >= 11 is 9.84. The van der Waals surface area contributed by atoms with Crippen molar-refractivity contribution in [2.75, 3.05) is 6.54 Å². The molecule has 4 nitrogen and oxygen atoms in total. The van der Waals surface area contributed by atoms with E-state index in [9.17, 15) is 9.59 Å². The van der Waals surface area contributed by atoms with Crippen LogP contribution >= 0.6 is 46.7 Å². The van der Waals surface area contributed by atoms with Gasteiger partial charge < -0.3 is 5.11 Å². The predicted octanol–water partition coefficient (Wildman–Crippen LogP) is 4.03. The van der Waals surface area contributed by atoms with Crippen LogP contribution in [0.15, 0.2) is 22.4 Å². The fourth-order valence-electron chi connectivity index (χ4n) is 2.07. The molecule has 2 aromatic rings. The predicted molar refractivity (Wildman–Crippen MR) is 96.5 cm³/mol. The highest BCUT2D eigenvalue weighted by atomic mass is 32.2. The third-order valence-corrected chi connectivity index (χ3v) is 6.62. The molecule has 114 valence electrons. The first-order valence-corrected chi connectivity index (χ1v) is 9.41. The molecule has 0 bridgehead atoms. The Bertz CT molecular complexity index is 760. The zero-order valence-electron chi connectivity index (χ0n) is 11.3. The lowest BCUT2D eigenvalue weighted by Gasteiger charge is -2.13. The van der Waals surface area contributed by atoms with E-state index in [1.54, 1.807) is 22.7 Å². The van der Waals surface area contributed by atoms with Gasteiger partial charge in [0.15, 0.2) is 0 Å². The van der Waals surface area contributed by atoms with Crippen molar-refractivity contribution in [3.8, 4) is 0 Å². The van der Waals surface area contributed by atoms with Gasteiger partial charge in [0.2, 0.25) is 0 Å². The summed E-state index contributed by atoms with van der Waals surface area (Å²) in [5.74, 6) is -0.989. The van der Waals surface area contributed by atoms with Crippen LogP contribution in [0.25, 0.3) is 15.5 Å². The molecule has 1 fully saturated rings. The van der Waals surface area contributed by atoms with Crippen molar-refractivity contribution in [1.29, 1.82) is 0 Å². The average molecular weight is 370 g/mol. The Morgan fingerprint density at radius 1 is 1.45 bits per heavy atom. The first-order chi connectivity index (χ1) is 10.5. The van der Waals surface area contributed by atoms with Crippen LogP contribution in [0.1, 0.15) is 17.7 Å². The third-order valence-electron chi connectivity index (χ3n) is 3.09. The fourth-order valence-corrected chi connectivity index (χ4v) is 5.51. The molecule has 0 spiro atoms. The number of thiocarbonyl (C=S) groups is 1. The molecule has 0 radical (unpaired) electrons. The van der Waals surface area contributed by atoms with Crippen LogP contribution in [0.3, 0.4) is 0 Å². The van der Waals surface area contributed by atoms with Crippen LogP contribution in [0.5, 0.6) is 0 Å². The van der Waals surface area contributed by atoms with Crippen LogP contribution in [0.2, 0.25) is 0 Å². The zero-order chi connectivity index (χ0) is 15.7. The number of thioether (sulfide) groups is 1. The minimum Gasteiger partial charge on any atom is -0.481 e. The second-order valence-corrected chi connectivity index (χ2v) is 8.58. The molecule has 3 rings (SSSR count). The monoisotopic (exact) mass is 369 g/mol. The Balaban J connectivity index is 1.73. The summed E-state index contributed by atoms with van der Waals surface area (Å²) in [6.07, 6.45) is 2.31. The highest BCUT2D eigenvalue weighted by Crippen LogP contribution is 2.36. The van der Waals surface area contributed by atoms with Crippen molar-refractivity contribution in [3.05, 3.63) is 27.3 Å². The Hall–Kier alpha value is -1.22. The van der Waals surface area contributed by atoms with Crippen molar-refractivity contribution in [2.24, 2.45) is 0 Å². The SMILES string of the molecule is O=C(O)CCCN1C(=O)/C(=C\c2cc3ccsc3s2)SC1=S. The number of carbonyl (C=O) groups excluding carboxylic acids is 1. The molecule has 1 saturated heterocycles. The van der Waals surface area contributed by atoms with Gasteiger partial charge in [-0.15, -0.1) is 22.7 Å². The molecule has 0 atom stereocenters. The zero-order valence-corrected chi connectivity index (χ0v) is 14.5. The standard InChI is InChI=1S/C14H11NO3S4/c16-11(17)2-1-4-15-12(18)10(22-14(15)19)7-9-6-8-3-5-20-13(8)21-9/h3,5-7H,1-2,4H2,(H,16,17)/b10-7+. The maximum absolute atomic E-state index is 12.4. The molecule has 8 heteroatoms. The lowest BCUT2D eigenvalue weighted by Crippen LogP contribution is -2.29. The summed E-state index contributed by atoms with van der Waals surface area (Å²) in [7, 11) is 0.